The highest BCUT2D eigenvalue weighted by molar-refractivity contribution is 5.98. The number of benzene rings is 14. The molecular formula is C128H100F12N6. The van der Waals surface area contributed by atoms with E-state index in [2.05, 4.69) is 218 Å². The molecule has 146 heavy (non-hydrogen) atoms. The number of hydrogen-bond donors (Lipinski definition) is 0. The highest BCUT2D eigenvalue weighted by Gasteiger charge is 2.33. The Hall–Kier alpha value is -16.1. The molecule has 18 heteroatoms. The topological polar surface area (TPSA) is 77.3 Å². The molecule has 19 rings (SSSR count). The minimum Gasteiger partial charge on any atom is -0.256 e. The third-order valence-corrected chi connectivity index (χ3v) is 28.5. The molecule has 0 fully saturated rings. The van der Waals surface area contributed by atoms with Crippen LogP contribution in [-0.2, 0) is 25.7 Å². The van der Waals surface area contributed by atoms with Gasteiger partial charge in [0.15, 0.2) is 0 Å². The lowest BCUT2D eigenvalue weighted by atomic mass is 9.86. The quantitative estimate of drug-likeness (QED) is 0.0503. The second-order valence-electron chi connectivity index (χ2n) is 37.6. The number of alkyl halides is 12. The lowest BCUT2D eigenvalue weighted by molar-refractivity contribution is -0.134. The van der Waals surface area contributed by atoms with Gasteiger partial charge in [-0.25, -0.2) is 9.97 Å². The lowest BCUT2D eigenvalue weighted by Gasteiger charge is -2.18. The fraction of sp³-hybridized carbons (Fsp3) is 0.156. The molecule has 0 radical (unpaired) electrons. The van der Waals surface area contributed by atoms with Crippen LogP contribution in [0.25, 0.3) is 201 Å². The second kappa shape index (κ2) is 41.3. The minimum absolute atomic E-state index is 0.148. The maximum atomic E-state index is 13.4. The van der Waals surface area contributed by atoms with Gasteiger partial charge >= 0.3 is 24.7 Å². The molecule has 0 bridgehead atoms. The first-order valence-corrected chi connectivity index (χ1v) is 48.6. The van der Waals surface area contributed by atoms with Gasteiger partial charge in [-0.1, -0.05) is 291 Å². The van der Waals surface area contributed by atoms with E-state index < -0.39 is 50.4 Å². The largest absolute Gasteiger partial charge is 0.389 e. The summed E-state index contributed by atoms with van der Waals surface area (Å²) < 4.78 is 161. The van der Waals surface area contributed by atoms with Gasteiger partial charge in [0.1, 0.15) is 6.33 Å². The summed E-state index contributed by atoms with van der Waals surface area (Å²) in [6.07, 6.45) is -13.6. The van der Waals surface area contributed by atoms with E-state index in [0.717, 1.165) is 223 Å². The van der Waals surface area contributed by atoms with Crippen molar-refractivity contribution < 1.29 is 52.7 Å². The Morgan fingerprint density at radius 2 is 0.315 bits per heavy atom. The molecule has 0 saturated carbocycles. The highest BCUT2D eigenvalue weighted by Crippen LogP contribution is 2.49. The summed E-state index contributed by atoms with van der Waals surface area (Å²) in [6.45, 7) is 15.0. The molecule has 0 aliphatic rings. The molecule has 0 N–H and O–H groups in total. The molecule has 5 aromatic heterocycles. The molecule has 0 aliphatic heterocycles. The summed E-state index contributed by atoms with van der Waals surface area (Å²) >= 11 is 0. The number of pyridine rings is 4. The van der Waals surface area contributed by atoms with E-state index in [-0.39, 0.29) is 25.7 Å². The van der Waals surface area contributed by atoms with Crippen molar-refractivity contribution in [3.63, 3.8) is 0 Å². The molecule has 0 spiro atoms. The van der Waals surface area contributed by atoms with Crippen LogP contribution < -0.4 is 0 Å². The minimum atomic E-state index is -4.29. The average Bonchev–Trinajstić information content (AvgIpc) is 0.766. The van der Waals surface area contributed by atoms with Crippen LogP contribution in [0.4, 0.5) is 52.7 Å². The Labute approximate surface area is 841 Å². The molecule has 0 atom stereocenters. The van der Waals surface area contributed by atoms with E-state index in [9.17, 15) is 52.7 Å². The molecule has 0 unspecified atom stereocenters. The van der Waals surface area contributed by atoms with E-state index in [4.69, 9.17) is 29.9 Å². The third-order valence-electron chi connectivity index (χ3n) is 28.5. The number of rotatable bonds is 26. The lowest BCUT2D eigenvalue weighted by Crippen LogP contribution is -2.10. The first-order chi connectivity index (χ1) is 70.2. The van der Waals surface area contributed by atoms with Crippen molar-refractivity contribution in [2.45, 2.75) is 131 Å². The predicted octanol–water partition coefficient (Wildman–Crippen LogP) is 36.5. The van der Waals surface area contributed by atoms with Crippen LogP contribution in [0, 0.1) is 55.4 Å². The van der Waals surface area contributed by atoms with Gasteiger partial charge in [0, 0.05) is 83.9 Å². The van der Waals surface area contributed by atoms with E-state index in [0.29, 0.717) is 45.0 Å². The van der Waals surface area contributed by atoms with Gasteiger partial charge in [-0.15, -0.1) is 0 Å². The van der Waals surface area contributed by atoms with Crippen molar-refractivity contribution in [1.29, 1.82) is 0 Å². The standard InChI is InChI=1S/C128H100F12N6/c1-77-81(5)121(141-72-97(77)57-61-125(129,130)131)93-49-37-87(38-50-93)109-23-11-17-29-115(109)103-65-101(66-104(69-103)116-30-18-12-24-110(116)88-39-51-94(52-40-88)122-82(6)78(2)98(73-142-122)58-62-126(132,133)134)113-27-15-9-21-107(113)85-33-45-91(46-34-85)119-71-120(146-76-145-119)92-47-35-86(36-48-92)108-22-10-16-28-114(108)102-67-105(117-31-19-13-25-111(117)89-41-53-95(54-42-89)123-83(7)79(3)99(74-143-123)59-63-127(135,136)137)70-106(68-102)118-32-20-14-26-112(118)90-43-55-96(56-44-90)124-84(8)80(4)100(75-144-124)60-64-128(138,139)140/h9-56,65-76H,57-64H2,1-8H3. The maximum absolute atomic E-state index is 13.4. The normalized spacial score (nSPS) is 11.9. The zero-order valence-corrected chi connectivity index (χ0v) is 81.5. The number of aromatic nitrogens is 6. The van der Waals surface area contributed by atoms with Crippen LogP contribution in [0.2, 0.25) is 0 Å². The maximum Gasteiger partial charge on any atom is 0.389 e. The molecule has 5 heterocycles. The van der Waals surface area contributed by atoms with E-state index in [1.54, 1.807) is 31.1 Å². The van der Waals surface area contributed by atoms with Crippen LogP contribution in [0.5, 0.6) is 0 Å². The Kier molecular flexibility index (Phi) is 27.9. The zero-order chi connectivity index (χ0) is 102. The van der Waals surface area contributed by atoms with Gasteiger partial charge in [-0.3, -0.25) is 19.9 Å². The van der Waals surface area contributed by atoms with E-state index in [1.165, 1.54) is 0 Å². The van der Waals surface area contributed by atoms with Gasteiger partial charge in [-0.05, 0) is 324 Å². The third kappa shape index (κ3) is 21.7. The van der Waals surface area contributed by atoms with Crippen LogP contribution in [0.3, 0.4) is 0 Å². The molecule has 6 nitrogen and oxygen atoms in total. The Morgan fingerprint density at radius 3 is 0.479 bits per heavy atom. The summed E-state index contributed by atoms with van der Waals surface area (Å²) in [7, 11) is 0. The fourth-order valence-electron chi connectivity index (χ4n) is 19.9. The van der Waals surface area contributed by atoms with Gasteiger partial charge < -0.3 is 0 Å². The van der Waals surface area contributed by atoms with Crippen molar-refractivity contribution >= 4 is 0 Å². The molecule has 0 aliphatic carbocycles. The fourth-order valence-corrected chi connectivity index (χ4v) is 19.9. The second-order valence-corrected chi connectivity index (χ2v) is 37.6. The van der Waals surface area contributed by atoms with Gasteiger partial charge in [-0.2, -0.15) is 52.7 Å². The van der Waals surface area contributed by atoms with Crippen LogP contribution in [0.15, 0.2) is 365 Å². The molecule has 0 amide bonds. The summed E-state index contributed by atoms with van der Waals surface area (Å²) in [5.74, 6) is 0. The first kappa shape index (κ1) is 98.7. The van der Waals surface area contributed by atoms with Crippen LogP contribution in [0.1, 0.15) is 92.4 Å². The zero-order valence-electron chi connectivity index (χ0n) is 81.5. The van der Waals surface area contributed by atoms with E-state index >= 15 is 0 Å². The van der Waals surface area contributed by atoms with Gasteiger partial charge in [0.25, 0.3) is 0 Å². The average molecular weight is 1950 g/mol. The van der Waals surface area contributed by atoms with Crippen LogP contribution >= 0.6 is 0 Å². The van der Waals surface area contributed by atoms with Gasteiger partial charge in [0.05, 0.1) is 34.2 Å². The van der Waals surface area contributed by atoms with Crippen molar-refractivity contribution in [2.24, 2.45) is 0 Å². The molecule has 0 saturated heterocycles. The summed E-state index contributed by atoms with van der Waals surface area (Å²) in [6, 6.07) is 115. The number of hydrogen-bond acceptors (Lipinski definition) is 6. The Morgan fingerprint density at radius 1 is 0.164 bits per heavy atom. The van der Waals surface area contributed by atoms with Crippen LogP contribution in [-0.4, -0.2) is 54.6 Å². The van der Waals surface area contributed by atoms with Crippen molar-refractivity contribution in [2.75, 3.05) is 0 Å². The summed E-state index contributed by atoms with van der Waals surface area (Å²) in [5, 5.41) is 0. The highest BCUT2D eigenvalue weighted by atomic mass is 19.4. The van der Waals surface area contributed by atoms with Gasteiger partial charge in [0.2, 0.25) is 0 Å². The summed E-state index contributed by atoms with van der Waals surface area (Å²) in [5.41, 5.74) is 41.2. The molecule has 19 aromatic rings. The summed E-state index contributed by atoms with van der Waals surface area (Å²) in [4.78, 5) is 28.6. The molecular weight excluding hydrogens is 1850 g/mol. The predicted molar refractivity (Wildman–Crippen MR) is 566 cm³/mol. The Balaban J connectivity index is 0.640. The number of nitrogens with zero attached hydrogens (tertiary/aromatic N) is 6. The molecule has 726 valence electrons. The first-order valence-electron chi connectivity index (χ1n) is 48.6. The molecule has 14 aromatic carbocycles. The SMILES string of the molecule is Cc1c(CCC(F)(F)F)cnc(-c2ccc(-c3ccccc3-c3cc(-c4ccccc4-c4ccc(-c5cc(-c6ccc(-c7ccccc7-c7cc(-c8ccccc8-c8ccc(-c9ncc(CCC(F)(F)F)c(C)c9C)cc8)cc(-c8ccccc8-c8ccc(-c9ncc(CCC(F)(F)F)c(C)c9C)cc8)c7)cc6)ncn5)cc4)cc(-c4ccccc4-c4ccc(-c5ncc(CCC(F)(F)F)c(C)c5C)cc4)c3)cc2)c1C. The van der Waals surface area contributed by atoms with E-state index in [1.807, 2.05) is 171 Å². The number of aryl methyl sites for hydroxylation is 4. The smallest absolute Gasteiger partial charge is 0.256 e. The van der Waals surface area contributed by atoms with Crippen molar-refractivity contribution in [3.8, 4) is 201 Å². The Bertz CT molecular complexity index is 7250. The van der Waals surface area contributed by atoms with Crippen molar-refractivity contribution in [3.05, 3.63) is 432 Å². The van der Waals surface area contributed by atoms with Crippen molar-refractivity contribution in [1.82, 2.24) is 29.9 Å². The number of halogens is 12. The monoisotopic (exact) mass is 1950 g/mol.